The number of carbonyl (C=O) groups is 2. The van der Waals surface area contributed by atoms with Gasteiger partial charge in [0.05, 0.1) is 35.2 Å². The van der Waals surface area contributed by atoms with E-state index in [1.165, 1.54) is 23.5 Å². The number of hydrogen-bond acceptors (Lipinski definition) is 10. The van der Waals surface area contributed by atoms with Crippen LogP contribution in [0.5, 0.6) is 0 Å². The Hall–Kier alpha value is -4.74. The average molecular weight is 643 g/mol. The average Bonchev–Trinajstić information content (AvgIpc) is 3.72. The molecule has 0 unspecified atom stereocenters. The molecule has 0 saturated heterocycles. The summed E-state index contributed by atoms with van der Waals surface area (Å²) in [7, 11) is 0. The van der Waals surface area contributed by atoms with Crippen LogP contribution in [0, 0.1) is 18.7 Å². The molecule has 1 atom stereocenters. The second kappa shape index (κ2) is 14.6. The van der Waals surface area contributed by atoms with Crippen molar-refractivity contribution in [3.8, 4) is 21.9 Å². The van der Waals surface area contributed by atoms with Crippen LogP contribution in [0.15, 0.2) is 71.1 Å². The molecule has 3 aromatic heterocycles. The number of benzene rings is 2. The van der Waals surface area contributed by atoms with Crippen LogP contribution in [0.4, 0.5) is 4.39 Å². The molecule has 5 aromatic rings. The first kappa shape index (κ1) is 32.6. The highest BCUT2D eigenvalue weighted by Crippen LogP contribution is 2.43. The third kappa shape index (κ3) is 7.38. The summed E-state index contributed by atoms with van der Waals surface area (Å²) < 4.78 is 30.7. The summed E-state index contributed by atoms with van der Waals surface area (Å²) >= 11 is 1.17. The third-order valence-electron chi connectivity index (χ3n) is 7.38. The molecular formula is C35H35FN4O5S. The van der Waals surface area contributed by atoms with Gasteiger partial charge >= 0.3 is 11.9 Å². The van der Waals surface area contributed by atoms with E-state index in [9.17, 15) is 14.0 Å². The highest BCUT2D eigenvalue weighted by Gasteiger charge is 2.33. The smallest absolute Gasteiger partial charge is 0.348 e. The monoisotopic (exact) mass is 642 g/mol. The van der Waals surface area contributed by atoms with Crippen LogP contribution in [-0.2, 0) is 28.9 Å². The van der Waals surface area contributed by atoms with Crippen LogP contribution in [0.3, 0.4) is 0 Å². The summed E-state index contributed by atoms with van der Waals surface area (Å²) in [5, 5.41) is 8.37. The fraction of sp³-hybridized carbons (Fsp3) is 0.286. The number of halogens is 1. The van der Waals surface area contributed by atoms with E-state index in [-0.39, 0.29) is 36.4 Å². The number of nitrogens with zero attached hydrogens (tertiary/aromatic N) is 3. The van der Waals surface area contributed by atoms with Gasteiger partial charge in [0.15, 0.2) is 0 Å². The molecule has 2 aromatic carbocycles. The lowest BCUT2D eigenvalue weighted by Gasteiger charge is -2.23. The number of nitrogens with two attached hydrogens (primary N) is 1. The van der Waals surface area contributed by atoms with E-state index in [1.54, 1.807) is 38.1 Å². The molecule has 0 bridgehead atoms. The van der Waals surface area contributed by atoms with Crippen LogP contribution in [0.25, 0.3) is 21.9 Å². The summed E-state index contributed by atoms with van der Waals surface area (Å²) in [6, 6.07) is 18.4. The summed E-state index contributed by atoms with van der Waals surface area (Å²) in [6.07, 6.45) is 0.886. The van der Waals surface area contributed by atoms with Crippen molar-refractivity contribution >= 4 is 23.3 Å². The maximum atomic E-state index is 13.8. The molecule has 238 valence electrons. The van der Waals surface area contributed by atoms with Gasteiger partial charge in [-0.05, 0) is 61.1 Å². The molecule has 46 heavy (non-hydrogen) atoms. The Bertz CT molecular complexity index is 1820. The number of aryl methyl sites for hydroxylation is 3. The minimum Gasteiger partial charge on any atom is -0.462 e. The van der Waals surface area contributed by atoms with E-state index in [4.69, 9.17) is 24.6 Å². The largest absolute Gasteiger partial charge is 0.462 e. The number of aromatic nitrogens is 3. The second-order valence-corrected chi connectivity index (χ2v) is 12.1. The van der Waals surface area contributed by atoms with Gasteiger partial charge in [-0.3, -0.25) is 4.98 Å². The number of pyridine rings is 1. The van der Waals surface area contributed by atoms with Crippen LogP contribution < -0.4 is 5.73 Å². The zero-order chi connectivity index (χ0) is 32.8. The van der Waals surface area contributed by atoms with E-state index in [0.717, 1.165) is 11.1 Å². The lowest BCUT2D eigenvalue weighted by molar-refractivity contribution is 0.0477. The maximum Gasteiger partial charge on any atom is 0.348 e. The molecule has 3 heterocycles. The number of rotatable bonds is 12. The Kier molecular flexibility index (Phi) is 10.3. The number of hydrogen-bond donors (Lipinski definition) is 1. The van der Waals surface area contributed by atoms with Crippen molar-refractivity contribution < 1.29 is 27.9 Å². The fourth-order valence-electron chi connectivity index (χ4n) is 4.97. The van der Waals surface area contributed by atoms with Crippen molar-refractivity contribution in [1.82, 2.24) is 15.2 Å². The first-order chi connectivity index (χ1) is 22.2. The van der Waals surface area contributed by atoms with Gasteiger partial charge in [0.2, 0.25) is 11.8 Å². The fourth-order valence-corrected chi connectivity index (χ4v) is 5.92. The molecule has 0 saturated carbocycles. The Labute approximate surface area is 270 Å². The van der Waals surface area contributed by atoms with E-state index < -0.39 is 18.0 Å². The zero-order valence-electron chi connectivity index (χ0n) is 26.1. The molecule has 0 spiro atoms. The van der Waals surface area contributed by atoms with Gasteiger partial charge in [-0.1, -0.05) is 56.3 Å². The first-order valence-electron chi connectivity index (χ1n) is 15.0. The lowest BCUT2D eigenvalue weighted by Crippen LogP contribution is -2.24. The quantitative estimate of drug-likeness (QED) is 0.140. The number of ether oxygens (including phenoxy) is 2. The summed E-state index contributed by atoms with van der Waals surface area (Å²) in [5.74, 6) is -1.04. The van der Waals surface area contributed by atoms with Crippen molar-refractivity contribution in [2.75, 3.05) is 6.61 Å². The molecule has 2 N–H and O–H groups in total. The Morgan fingerprint density at radius 2 is 1.65 bits per heavy atom. The van der Waals surface area contributed by atoms with Crippen LogP contribution in [0.2, 0.25) is 0 Å². The summed E-state index contributed by atoms with van der Waals surface area (Å²) in [5.41, 5.74) is 10.4. The second-order valence-electron chi connectivity index (χ2n) is 11.0. The number of thiophene rings is 1. The Morgan fingerprint density at radius 1 is 0.913 bits per heavy atom. The minimum absolute atomic E-state index is 0.0816. The van der Waals surface area contributed by atoms with Gasteiger partial charge in [-0.15, -0.1) is 21.5 Å². The highest BCUT2D eigenvalue weighted by molar-refractivity contribution is 7.17. The van der Waals surface area contributed by atoms with Gasteiger partial charge in [0.1, 0.15) is 17.3 Å². The van der Waals surface area contributed by atoms with E-state index in [2.05, 4.69) is 10.2 Å². The van der Waals surface area contributed by atoms with Gasteiger partial charge < -0.3 is 19.6 Å². The molecule has 0 radical (unpaired) electrons. The molecule has 0 fully saturated rings. The molecule has 0 aliphatic carbocycles. The molecule has 0 aliphatic heterocycles. The topological polar surface area (TPSA) is 130 Å². The van der Waals surface area contributed by atoms with Crippen molar-refractivity contribution in [3.63, 3.8) is 0 Å². The van der Waals surface area contributed by atoms with Crippen LogP contribution in [0.1, 0.15) is 75.2 Å². The van der Waals surface area contributed by atoms with Crippen molar-refractivity contribution in [3.05, 3.63) is 111 Å². The van der Waals surface area contributed by atoms with E-state index in [0.29, 0.717) is 51.0 Å². The van der Waals surface area contributed by atoms with E-state index in [1.807, 2.05) is 44.2 Å². The minimum atomic E-state index is -0.628. The Morgan fingerprint density at radius 3 is 2.30 bits per heavy atom. The lowest BCUT2D eigenvalue weighted by atomic mass is 9.89. The summed E-state index contributed by atoms with van der Waals surface area (Å²) in [6.45, 7) is 7.52. The third-order valence-corrected chi connectivity index (χ3v) is 8.47. The van der Waals surface area contributed by atoms with Gasteiger partial charge in [0.25, 0.3) is 0 Å². The van der Waals surface area contributed by atoms with Gasteiger partial charge in [0, 0.05) is 17.4 Å². The predicted molar refractivity (Wildman–Crippen MR) is 173 cm³/mol. The SMILES string of the molecule is CCOC(=O)c1c([C@@H](N)C(C)C)nc(CCc2ccc(F)cc2)c(-c2nnc(C)o2)c1-c1ccc(C(=O)OCc2ccccc2)s1. The predicted octanol–water partition coefficient (Wildman–Crippen LogP) is 7.28. The van der Waals surface area contributed by atoms with Crippen molar-refractivity contribution in [2.24, 2.45) is 11.7 Å². The molecule has 0 aliphatic rings. The van der Waals surface area contributed by atoms with Crippen LogP contribution >= 0.6 is 11.3 Å². The van der Waals surface area contributed by atoms with Gasteiger partial charge in [-0.2, -0.15) is 0 Å². The highest BCUT2D eigenvalue weighted by atomic mass is 32.1. The standard InChI is InChI=1S/C35H35FN4O5S/c1-5-43-35(42)30-29(26-17-18-27(46-26)34(41)44-19-23-9-7-6-8-10-23)28(33-40-39-21(4)45-33)25(38-32(30)31(37)20(2)3)16-13-22-11-14-24(36)15-12-22/h6-12,14-15,17-18,20,31H,5,13,16,19,37H2,1-4H3/t31-/m0/s1. The van der Waals surface area contributed by atoms with Crippen molar-refractivity contribution in [1.29, 1.82) is 0 Å². The van der Waals surface area contributed by atoms with Crippen molar-refractivity contribution in [2.45, 2.75) is 53.2 Å². The molecule has 0 amide bonds. The van der Waals surface area contributed by atoms with E-state index >= 15 is 0 Å². The van der Waals surface area contributed by atoms with Gasteiger partial charge in [-0.25, -0.2) is 14.0 Å². The summed E-state index contributed by atoms with van der Waals surface area (Å²) in [4.78, 5) is 32.8. The Balaban J connectivity index is 1.69. The first-order valence-corrected chi connectivity index (χ1v) is 15.8. The molecule has 5 rings (SSSR count). The normalized spacial score (nSPS) is 11.9. The van der Waals surface area contributed by atoms with Crippen LogP contribution in [-0.4, -0.2) is 33.7 Å². The zero-order valence-corrected chi connectivity index (χ0v) is 26.9. The molecule has 9 nitrogen and oxygen atoms in total. The molecule has 11 heteroatoms. The molecular weight excluding hydrogens is 607 g/mol. The maximum absolute atomic E-state index is 13.8. The number of carbonyl (C=O) groups excluding carboxylic acids is 2. The number of esters is 2.